The SMILES string of the molecule is CCc1cc(CC)cc([Si](C)(c2cccc(C)c2)C2(C)C(C)=C(C)C(C)=[C]2[Ti]([CH3])([CH3])[CH3])c1. The van der Waals surface area contributed by atoms with Crippen LogP contribution >= 0.6 is 0 Å². The molecule has 0 radical (unpaired) electrons. The second kappa shape index (κ2) is 8.90. The van der Waals surface area contributed by atoms with Crippen molar-refractivity contribution in [3.05, 3.63) is 79.8 Å². The molecule has 0 bridgehead atoms. The third-order valence-corrected chi connectivity index (χ3v) is 18.2. The molecule has 2 aromatic rings. The van der Waals surface area contributed by atoms with Gasteiger partial charge in [-0.05, 0) is 0 Å². The maximum atomic E-state index is 2.68. The summed E-state index contributed by atoms with van der Waals surface area (Å²) in [4.78, 5) is 0. The molecule has 0 N–H and O–H groups in total. The van der Waals surface area contributed by atoms with E-state index in [4.69, 9.17) is 0 Å². The molecule has 0 saturated carbocycles. The topological polar surface area (TPSA) is 0 Å². The predicted molar refractivity (Wildman–Crippen MR) is 144 cm³/mol. The Morgan fingerprint density at radius 1 is 0.781 bits per heavy atom. The van der Waals surface area contributed by atoms with Crippen LogP contribution in [0, 0.1) is 6.92 Å². The Hall–Kier alpha value is -1.15. The Balaban J connectivity index is 2.50. The summed E-state index contributed by atoms with van der Waals surface area (Å²) in [5.41, 5.74) is 9.14. The van der Waals surface area contributed by atoms with Crippen molar-refractivity contribution < 1.29 is 16.6 Å². The summed E-state index contributed by atoms with van der Waals surface area (Å²) in [5, 5.41) is 11.1. The molecule has 0 spiro atoms. The van der Waals surface area contributed by atoms with E-state index in [-0.39, 0.29) is 5.04 Å². The van der Waals surface area contributed by atoms with Gasteiger partial charge in [-0.1, -0.05) is 0 Å². The maximum absolute atomic E-state index is 2.68. The van der Waals surface area contributed by atoms with Crippen LogP contribution in [-0.4, -0.2) is 8.07 Å². The zero-order chi connectivity index (χ0) is 24.1. The first-order valence-electron chi connectivity index (χ1n) is 12.4. The van der Waals surface area contributed by atoms with Gasteiger partial charge in [0.2, 0.25) is 0 Å². The van der Waals surface area contributed by atoms with E-state index in [2.05, 4.69) is 113 Å². The van der Waals surface area contributed by atoms with Gasteiger partial charge in [0.1, 0.15) is 0 Å². The number of hydrogen-bond donors (Lipinski definition) is 0. The standard InChI is InChI=1S/C27H35Si.3CH3.Ti/c1-9-23-15-24(10-2)17-26(16-23)28(8,25-13-11-12-19(3)14-25)27(7)18-20(4)21(5)22(27)6;;;;/h11-17H,9-10H2,1-8H3;3*1H3;. The van der Waals surface area contributed by atoms with Crippen LogP contribution in [0.2, 0.25) is 27.3 Å². The molecule has 32 heavy (non-hydrogen) atoms. The van der Waals surface area contributed by atoms with Gasteiger partial charge in [0.05, 0.1) is 0 Å². The van der Waals surface area contributed by atoms with Crippen LogP contribution < -0.4 is 10.4 Å². The van der Waals surface area contributed by atoms with E-state index in [1.54, 1.807) is 27.1 Å². The summed E-state index contributed by atoms with van der Waals surface area (Å²) in [5.74, 6) is 0. The average molecular weight is 481 g/mol. The number of benzene rings is 2. The monoisotopic (exact) mass is 480 g/mol. The summed E-state index contributed by atoms with van der Waals surface area (Å²) < 4.78 is 1.84. The van der Waals surface area contributed by atoms with E-state index in [1.165, 1.54) is 16.7 Å². The van der Waals surface area contributed by atoms with Gasteiger partial charge in [-0.25, -0.2) is 0 Å². The van der Waals surface area contributed by atoms with Gasteiger partial charge in [0, 0.05) is 0 Å². The van der Waals surface area contributed by atoms with E-state index < -0.39 is 24.7 Å². The van der Waals surface area contributed by atoms with E-state index in [9.17, 15) is 0 Å². The van der Waals surface area contributed by atoms with Crippen molar-refractivity contribution in [2.24, 2.45) is 0 Å². The average Bonchev–Trinajstić information content (AvgIpc) is 2.93. The summed E-state index contributed by atoms with van der Waals surface area (Å²) in [6, 6.07) is 17.1. The van der Waals surface area contributed by atoms with E-state index >= 15 is 0 Å². The van der Waals surface area contributed by atoms with E-state index in [1.807, 2.05) is 3.88 Å². The molecule has 3 rings (SSSR count). The third-order valence-electron chi connectivity index (χ3n) is 8.54. The molecule has 0 fully saturated rings. The summed E-state index contributed by atoms with van der Waals surface area (Å²) in [6.07, 6.45) is 2.20. The van der Waals surface area contributed by atoms with Crippen molar-refractivity contribution in [3.63, 3.8) is 0 Å². The molecule has 0 amide bonds. The minimum atomic E-state index is -2.21. The minimum absolute atomic E-state index is 0.116. The number of hydrogen-bond acceptors (Lipinski definition) is 0. The number of aryl methyl sites for hydroxylation is 3. The Morgan fingerprint density at radius 2 is 1.34 bits per heavy atom. The molecule has 0 saturated heterocycles. The van der Waals surface area contributed by atoms with Crippen LogP contribution in [-0.2, 0) is 29.4 Å². The Bertz CT molecular complexity index is 1080. The van der Waals surface area contributed by atoms with Gasteiger partial charge < -0.3 is 0 Å². The van der Waals surface area contributed by atoms with Crippen LogP contribution in [0.25, 0.3) is 0 Å². The quantitative estimate of drug-likeness (QED) is 0.368. The molecule has 0 heterocycles. The molecule has 1 aliphatic carbocycles. The van der Waals surface area contributed by atoms with Crippen molar-refractivity contribution in [2.75, 3.05) is 0 Å². The van der Waals surface area contributed by atoms with Crippen molar-refractivity contribution in [1.82, 2.24) is 0 Å². The van der Waals surface area contributed by atoms with Crippen LogP contribution in [0.3, 0.4) is 0 Å². The summed E-state index contributed by atoms with van der Waals surface area (Å²) in [6.45, 7) is 19.4. The molecule has 2 aromatic carbocycles. The van der Waals surface area contributed by atoms with Gasteiger partial charge in [-0.15, -0.1) is 0 Å². The van der Waals surface area contributed by atoms with Gasteiger partial charge in [0.25, 0.3) is 0 Å². The van der Waals surface area contributed by atoms with Crippen LogP contribution in [0.4, 0.5) is 0 Å². The van der Waals surface area contributed by atoms with Crippen LogP contribution in [0.5, 0.6) is 0 Å². The molecule has 2 unspecified atom stereocenters. The summed E-state index contributed by atoms with van der Waals surface area (Å²) in [7, 11) is -2.21. The fourth-order valence-corrected chi connectivity index (χ4v) is 18.9. The Morgan fingerprint density at radius 3 is 1.81 bits per heavy atom. The molecule has 0 aliphatic heterocycles. The normalized spacial score (nSPS) is 21.3. The molecular formula is C30H44SiTi. The zero-order valence-corrected chi connectivity index (χ0v) is 25.0. The fourth-order valence-electron chi connectivity index (χ4n) is 6.50. The third kappa shape index (κ3) is 3.89. The fraction of sp³-hybridized carbons (Fsp3) is 0.467. The van der Waals surface area contributed by atoms with Gasteiger partial charge in [-0.2, -0.15) is 0 Å². The van der Waals surface area contributed by atoms with E-state index in [0.717, 1.165) is 12.8 Å². The molecule has 2 heteroatoms. The van der Waals surface area contributed by atoms with Gasteiger partial charge in [-0.3, -0.25) is 0 Å². The summed E-state index contributed by atoms with van der Waals surface area (Å²) >= 11 is -2.16. The number of allylic oxidation sites excluding steroid dienone is 4. The second-order valence-corrected chi connectivity index (χ2v) is 23.6. The van der Waals surface area contributed by atoms with Crippen molar-refractivity contribution >= 4 is 18.4 Å². The molecule has 172 valence electrons. The molecule has 0 nitrogen and oxygen atoms in total. The van der Waals surface area contributed by atoms with Crippen molar-refractivity contribution in [2.45, 2.75) is 88.6 Å². The molecule has 2 atom stereocenters. The first-order valence-corrected chi connectivity index (χ1v) is 20.4. The van der Waals surface area contributed by atoms with Crippen LogP contribution in [0.1, 0.15) is 58.2 Å². The Labute approximate surface area is 202 Å². The zero-order valence-electron chi connectivity index (χ0n) is 22.5. The molecule has 1 aliphatic rings. The molecule has 0 aromatic heterocycles. The molecular weight excluding hydrogens is 436 g/mol. The van der Waals surface area contributed by atoms with Gasteiger partial charge in [0.15, 0.2) is 0 Å². The Kier molecular flexibility index (Phi) is 7.08. The number of rotatable bonds is 6. The first-order chi connectivity index (χ1) is 14.8. The van der Waals surface area contributed by atoms with Crippen molar-refractivity contribution in [1.29, 1.82) is 0 Å². The van der Waals surface area contributed by atoms with Crippen molar-refractivity contribution in [3.8, 4) is 0 Å². The van der Waals surface area contributed by atoms with E-state index in [0.29, 0.717) is 0 Å². The van der Waals surface area contributed by atoms with Crippen LogP contribution in [0.15, 0.2) is 63.1 Å². The second-order valence-electron chi connectivity index (χ2n) is 11.4. The predicted octanol–water partition coefficient (Wildman–Crippen LogP) is 8.00. The van der Waals surface area contributed by atoms with Gasteiger partial charge >= 0.3 is 203 Å². The first kappa shape index (κ1) is 25.5.